The second-order valence-electron chi connectivity index (χ2n) is 3.41. The number of hydrogen-bond acceptors (Lipinski definition) is 3. The molecule has 0 aliphatic heterocycles. The van der Waals surface area contributed by atoms with Gasteiger partial charge in [0, 0.05) is 23.9 Å². The Hall–Kier alpha value is -1.55. The van der Waals surface area contributed by atoms with Crippen LogP contribution >= 0.6 is 0 Å². The Morgan fingerprint density at radius 3 is 2.93 bits per heavy atom. The molecule has 0 spiro atoms. The lowest BCUT2D eigenvalue weighted by Gasteiger charge is -2.11. The zero-order chi connectivity index (χ0) is 10.7. The lowest BCUT2D eigenvalue weighted by molar-refractivity contribution is 0.557. The minimum absolute atomic E-state index is 0.157. The van der Waals surface area contributed by atoms with Gasteiger partial charge < -0.3 is 9.73 Å². The Morgan fingerprint density at radius 1 is 1.53 bits per heavy atom. The summed E-state index contributed by atoms with van der Waals surface area (Å²) in [6, 6.07) is 2.12. The normalized spacial score (nSPS) is 12.9. The van der Waals surface area contributed by atoms with Gasteiger partial charge in [-0.25, -0.2) is 0 Å². The molecule has 0 radical (unpaired) electrons. The van der Waals surface area contributed by atoms with Crippen LogP contribution in [0.25, 0.3) is 0 Å². The average Bonchev–Trinajstić information content (AvgIpc) is 2.89. The molecule has 0 fully saturated rings. The maximum absolute atomic E-state index is 5.08. The molecule has 2 aromatic rings. The Labute approximate surface area is 88.9 Å². The van der Waals surface area contributed by atoms with E-state index in [0.717, 1.165) is 17.7 Å². The number of rotatable bonds is 4. The van der Waals surface area contributed by atoms with Crippen LogP contribution < -0.4 is 5.32 Å². The van der Waals surface area contributed by atoms with Gasteiger partial charge in [0.2, 0.25) is 0 Å². The summed E-state index contributed by atoms with van der Waals surface area (Å²) in [5.41, 5.74) is 2.27. The predicted octanol–water partition coefficient (Wildman–Crippen LogP) is 1.80. The van der Waals surface area contributed by atoms with Crippen LogP contribution in [0.1, 0.15) is 24.1 Å². The zero-order valence-electron chi connectivity index (χ0n) is 8.97. The second-order valence-corrected chi connectivity index (χ2v) is 3.41. The highest BCUT2D eigenvalue weighted by atomic mass is 16.3. The first-order valence-electron chi connectivity index (χ1n) is 5.07. The summed E-state index contributed by atoms with van der Waals surface area (Å²) in [5, 5.41) is 7.50. The van der Waals surface area contributed by atoms with Gasteiger partial charge in [-0.2, -0.15) is 5.10 Å². The molecule has 1 N–H and O–H groups in total. The molecule has 0 saturated carbocycles. The van der Waals surface area contributed by atoms with E-state index in [0.29, 0.717) is 0 Å². The van der Waals surface area contributed by atoms with Crippen molar-refractivity contribution in [2.75, 3.05) is 7.05 Å². The largest absolute Gasteiger partial charge is 0.472 e. The molecule has 15 heavy (non-hydrogen) atoms. The van der Waals surface area contributed by atoms with Crippen LogP contribution in [0.5, 0.6) is 0 Å². The highest BCUT2D eigenvalue weighted by Gasteiger charge is 2.14. The van der Waals surface area contributed by atoms with E-state index in [2.05, 4.69) is 17.3 Å². The van der Waals surface area contributed by atoms with Gasteiger partial charge in [0.1, 0.15) is 0 Å². The molecule has 1 atom stereocenters. The molecule has 0 bridgehead atoms. The molecule has 0 aliphatic carbocycles. The fourth-order valence-corrected chi connectivity index (χ4v) is 1.67. The second kappa shape index (κ2) is 4.31. The molecule has 0 saturated heterocycles. The van der Waals surface area contributed by atoms with Crippen molar-refractivity contribution in [2.45, 2.75) is 19.5 Å². The SMILES string of the molecule is CCn1cc(C(NC)c2ccoc2)cn1. The van der Waals surface area contributed by atoms with Crippen LogP contribution in [0.15, 0.2) is 35.4 Å². The van der Waals surface area contributed by atoms with E-state index in [1.54, 1.807) is 12.5 Å². The summed E-state index contributed by atoms with van der Waals surface area (Å²) in [5.74, 6) is 0. The van der Waals surface area contributed by atoms with E-state index in [1.807, 2.05) is 30.2 Å². The predicted molar refractivity (Wildman–Crippen MR) is 57.5 cm³/mol. The van der Waals surface area contributed by atoms with Crippen LogP contribution in [0.2, 0.25) is 0 Å². The topological polar surface area (TPSA) is 43.0 Å². The molecule has 1 unspecified atom stereocenters. The summed E-state index contributed by atoms with van der Waals surface area (Å²) >= 11 is 0. The third-order valence-corrected chi connectivity index (χ3v) is 2.48. The van der Waals surface area contributed by atoms with Crippen molar-refractivity contribution >= 4 is 0 Å². The zero-order valence-corrected chi connectivity index (χ0v) is 8.97. The molecule has 2 aromatic heterocycles. The van der Waals surface area contributed by atoms with Crippen molar-refractivity contribution in [2.24, 2.45) is 0 Å². The Balaban J connectivity index is 2.27. The average molecular weight is 205 g/mol. The van der Waals surface area contributed by atoms with Gasteiger partial charge in [-0.3, -0.25) is 4.68 Å². The summed E-state index contributed by atoms with van der Waals surface area (Å²) in [6.45, 7) is 2.96. The summed E-state index contributed by atoms with van der Waals surface area (Å²) in [4.78, 5) is 0. The number of nitrogens with zero attached hydrogens (tertiary/aromatic N) is 2. The maximum atomic E-state index is 5.08. The number of hydrogen-bond donors (Lipinski definition) is 1. The minimum atomic E-state index is 0.157. The smallest absolute Gasteiger partial charge is 0.0953 e. The molecular formula is C11H15N3O. The third-order valence-electron chi connectivity index (χ3n) is 2.48. The molecule has 4 heteroatoms. The lowest BCUT2D eigenvalue weighted by Crippen LogP contribution is -2.16. The van der Waals surface area contributed by atoms with E-state index < -0.39 is 0 Å². The molecule has 80 valence electrons. The summed E-state index contributed by atoms with van der Waals surface area (Å²) < 4.78 is 7.00. The van der Waals surface area contributed by atoms with Gasteiger partial charge >= 0.3 is 0 Å². The quantitative estimate of drug-likeness (QED) is 0.827. The highest BCUT2D eigenvalue weighted by Crippen LogP contribution is 2.21. The molecule has 2 rings (SSSR count). The maximum Gasteiger partial charge on any atom is 0.0953 e. The standard InChI is InChI=1S/C11H15N3O/c1-3-14-7-10(6-13-14)11(12-2)9-4-5-15-8-9/h4-8,11-12H,3H2,1-2H3. The molecular weight excluding hydrogens is 190 g/mol. The molecule has 0 aromatic carbocycles. The molecule has 2 heterocycles. The minimum Gasteiger partial charge on any atom is -0.472 e. The van der Waals surface area contributed by atoms with Crippen LogP contribution in [-0.2, 0) is 6.54 Å². The first-order valence-corrected chi connectivity index (χ1v) is 5.07. The van der Waals surface area contributed by atoms with E-state index in [9.17, 15) is 0 Å². The number of furan rings is 1. The first-order chi connectivity index (χ1) is 7.35. The molecule has 4 nitrogen and oxygen atoms in total. The van der Waals surface area contributed by atoms with Gasteiger partial charge in [-0.05, 0) is 20.0 Å². The van der Waals surface area contributed by atoms with Gasteiger partial charge in [0.15, 0.2) is 0 Å². The van der Waals surface area contributed by atoms with Gasteiger partial charge in [0.25, 0.3) is 0 Å². The van der Waals surface area contributed by atoms with Crippen LogP contribution in [0.3, 0.4) is 0 Å². The van der Waals surface area contributed by atoms with Crippen molar-refractivity contribution in [1.29, 1.82) is 0 Å². The highest BCUT2D eigenvalue weighted by molar-refractivity contribution is 5.25. The Kier molecular flexibility index (Phi) is 2.87. The number of aromatic nitrogens is 2. The van der Waals surface area contributed by atoms with Crippen molar-refractivity contribution in [3.05, 3.63) is 42.1 Å². The summed E-state index contributed by atoms with van der Waals surface area (Å²) in [7, 11) is 1.93. The monoisotopic (exact) mass is 205 g/mol. The van der Waals surface area contributed by atoms with E-state index >= 15 is 0 Å². The first kappa shape index (κ1) is 9.98. The van der Waals surface area contributed by atoms with Crippen LogP contribution in [0.4, 0.5) is 0 Å². The van der Waals surface area contributed by atoms with Gasteiger partial charge in [-0.1, -0.05) is 0 Å². The lowest BCUT2D eigenvalue weighted by atomic mass is 10.1. The fourth-order valence-electron chi connectivity index (χ4n) is 1.67. The van der Waals surface area contributed by atoms with Crippen molar-refractivity contribution in [1.82, 2.24) is 15.1 Å². The van der Waals surface area contributed by atoms with Gasteiger partial charge in [-0.15, -0.1) is 0 Å². The van der Waals surface area contributed by atoms with Crippen molar-refractivity contribution < 1.29 is 4.42 Å². The summed E-state index contributed by atoms with van der Waals surface area (Å²) in [6.07, 6.45) is 7.38. The van der Waals surface area contributed by atoms with Crippen molar-refractivity contribution in [3.8, 4) is 0 Å². The molecule has 0 aliphatic rings. The number of nitrogens with one attached hydrogen (secondary N) is 1. The van der Waals surface area contributed by atoms with E-state index in [1.165, 1.54) is 0 Å². The van der Waals surface area contributed by atoms with Gasteiger partial charge in [0.05, 0.1) is 24.8 Å². The Morgan fingerprint density at radius 2 is 2.40 bits per heavy atom. The van der Waals surface area contributed by atoms with E-state index in [-0.39, 0.29) is 6.04 Å². The number of aryl methyl sites for hydroxylation is 1. The van der Waals surface area contributed by atoms with Crippen molar-refractivity contribution in [3.63, 3.8) is 0 Å². The van der Waals surface area contributed by atoms with Crippen LogP contribution in [0, 0.1) is 0 Å². The molecule has 0 amide bonds. The van der Waals surface area contributed by atoms with E-state index in [4.69, 9.17) is 4.42 Å². The fraction of sp³-hybridized carbons (Fsp3) is 0.364. The van der Waals surface area contributed by atoms with Crippen LogP contribution in [-0.4, -0.2) is 16.8 Å². The third kappa shape index (κ3) is 1.94. The Bertz CT molecular complexity index is 405.